The van der Waals surface area contributed by atoms with Gasteiger partial charge in [-0.3, -0.25) is 0 Å². The Morgan fingerprint density at radius 1 is 1.00 bits per heavy atom. The maximum absolute atomic E-state index is 14.5. The summed E-state index contributed by atoms with van der Waals surface area (Å²) >= 11 is 0. The topological polar surface area (TPSA) is 9.23 Å². The molecule has 1 nitrogen and oxygen atoms in total. The summed E-state index contributed by atoms with van der Waals surface area (Å²) in [4.78, 5) is 0. The van der Waals surface area contributed by atoms with Crippen LogP contribution >= 0.6 is 0 Å². The highest BCUT2D eigenvalue weighted by atomic mass is 19.2. The van der Waals surface area contributed by atoms with Crippen molar-refractivity contribution in [1.82, 2.24) is 0 Å². The summed E-state index contributed by atoms with van der Waals surface area (Å²) in [6, 6.07) is 3.33. The van der Waals surface area contributed by atoms with Gasteiger partial charge < -0.3 is 4.74 Å². The van der Waals surface area contributed by atoms with Crippen molar-refractivity contribution in [3.8, 4) is 5.75 Å². The molecule has 0 spiro atoms. The maximum atomic E-state index is 14.5. The van der Waals surface area contributed by atoms with Gasteiger partial charge in [-0.2, -0.15) is 4.39 Å². The third-order valence-corrected chi connectivity index (χ3v) is 5.75. The zero-order valence-corrected chi connectivity index (χ0v) is 16.3. The monoisotopic (exact) mass is 352 g/mol. The fourth-order valence-corrected chi connectivity index (χ4v) is 4.02. The molecule has 0 aliphatic heterocycles. The van der Waals surface area contributed by atoms with Crippen molar-refractivity contribution in [2.24, 2.45) is 17.8 Å². The molecule has 142 valence electrons. The van der Waals surface area contributed by atoms with Crippen LogP contribution in [0.5, 0.6) is 5.75 Å². The highest BCUT2D eigenvalue weighted by Crippen LogP contribution is 2.41. The van der Waals surface area contributed by atoms with E-state index in [4.69, 9.17) is 4.74 Å². The number of halogens is 2. The van der Waals surface area contributed by atoms with E-state index in [2.05, 4.69) is 20.8 Å². The van der Waals surface area contributed by atoms with Crippen molar-refractivity contribution in [2.45, 2.75) is 78.6 Å². The largest absolute Gasteiger partial charge is 0.490 e. The van der Waals surface area contributed by atoms with Crippen LogP contribution in [0.25, 0.3) is 0 Å². The number of hydrogen-bond donors (Lipinski definition) is 0. The number of rotatable bonds is 8. The molecular formula is C22H34F2O. The Bertz CT molecular complexity index is 533. The summed E-state index contributed by atoms with van der Waals surface area (Å²) in [6.45, 7) is 9.26. The fourth-order valence-electron chi connectivity index (χ4n) is 4.02. The van der Waals surface area contributed by atoms with Gasteiger partial charge in [0.1, 0.15) is 0 Å². The molecule has 1 aromatic carbocycles. The van der Waals surface area contributed by atoms with Crippen LogP contribution in [0, 0.1) is 29.4 Å². The van der Waals surface area contributed by atoms with Gasteiger partial charge in [-0.05, 0) is 67.4 Å². The first-order valence-corrected chi connectivity index (χ1v) is 10.0. The fraction of sp³-hybridized carbons (Fsp3) is 0.727. The van der Waals surface area contributed by atoms with Gasteiger partial charge in [-0.15, -0.1) is 0 Å². The van der Waals surface area contributed by atoms with E-state index in [9.17, 15) is 8.78 Å². The van der Waals surface area contributed by atoms with Crippen LogP contribution in [-0.2, 0) is 0 Å². The van der Waals surface area contributed by atoms with Crippen LogP contribution in [0.15, 0.2) is 12.1 Å². The lowest BCUT2D eigenvalue weighted by Gasteiger charge is -2.33. The molecule has 1 fully saturated rings. The zero-order chi connectivity index (χ0) is 18.4. The van der Waals surface area contributed by atoms with Gasteiger partial charge >= 0.3 is 0 Å². The van der Waals surface area contributed by atoms with E-state index in [0.29, 0.717) is 12.2 Å². The quantitative estimate of drug-likeness (QED) is 0.485. The molecule has 0 N–H and O–H groups in total. The van der Waals surface area contributed by atoms with E-state index in [-0.39, 0.29) is 11.7 Å². The van der Waals surface area contributed by atoms with E-state index in [1.807, 2.05) is 6.92 Å². The highest BCUT2D eigenvalue weighted by molar-refractivity contribution is 5.33. The first kappa shape index (κ1) is 20.2. The Labute approximate surface area is 152 Å². The smallest absolute Gasteiger partial charge is 0.200 e. The molecule has 2 rings (SSSR count). The van der Waals surface area contributed by atoms with E-state index >= 15 is 0 Å². The van der Waals surface area contributed by atoms with Crippen LogP contribution in [-0.4, -0.2) is 6.61 Å². The molecular weight excluding hydrogens is 318 g/mol. The Balaban J connectivity index is 1.95. The van der Waals surface area contributed by atoms with Gasteiger partial charge in [-0.1, -0.05) is 46.6 Å². The highest BCUT2D eigenvalue weighted by Gasteiger charge is 2.28. The zero-order valence-electron chi connectivity index (χ0n) is 16.3. The standard InChI is InChI=1S/C22H34F2O/c1-5-14-25-20-13-12-19(21(23)22(20)24)18-10-8-17(9-11-18)16(4)7-6-15(2)3/h12-13,15-18H,5-11,14H2,1-4H3. The van der Waals surface area contributed by atoms with E-state index in [0.717, 1.165) is 49.9 Å². The third kappa shape index (κ3) is 5.43. The van der Waals surface area contributed by atoms with Crippen molar-refractivity contribution in [3.05, 3.63) is 29.3 Å². The average molecular weight is 353 g/mol. The second kappa shape index (κ2) is 9.54. The molecule has 0 aromatic heterocycles. The molecule has 1 atom stereocenters. The minimum Gasteiger partial charge on any atom is -0.490 e. The minimum atomic E-state index is -0.821. The van der Waals surface area contributed by atoms with Gasteiger partial charge in [0.05, 0.1) is 6.61 Å². The molecule has 1 saturated carbocycles. The average Bonchev–Trinajstić information content (AvgIpc) is 2.61. The molecule has 3 heteroatoms. The summed E-state index contributed by atoms with van der Waals surface area (Å²) in [5.74, 6) is 0.875. The molecule has 1 aromatic rings. The van der Waals surface area contributed by atoms with Crippen molar-refractivity contribution in [1.29, 1.82) is 0 Å². The van der Waals surface area contributed by atoms with Crippen LogP contribution in [0.4, 0.5) is 8.78 Å². The molecule has 0 radical (unpaired) electrons. The summed E-state index contributed by atoms with van der Waals surface area (Å²) in [6.07, 6.45) is 7.50. The molecule has 0 bridgehead atoms. The first-order chi connectivity index (χ1) is 11.9. The van der Waals surface area contributed by atoms with Crippen molar-refractivity contribution in [3.63, 3.8) is 0 Å². The van der Waals surface area contributed by atoms with Gasteiger partial charge in [0.15, 0.2) is 11.6 Å². The van der Waals surface area contributed by atoms with Crippen molar-refractivity contribution in [2.75, 3.05) is 6.61 Å². The molecule has 1 unspecified atom stereocenters. The molecule has 25 heavy (non-hydrogen) atoms. The van der Waals surface area contributed by atoms with E-state index in [1.54, 1.807) is 12.1 Å². The summed E-state index contributed by atoms with van der Waals surface area (Å²) in [7, 11) is 0. The second-order valence-electron chi connectivity index (χ2n) is 8.19. The van der Waals surface area contributed by atoms with Gasteiger partial charge in [0, 0.05) is 0 Å². The summed E-state index contributed by atoms with van der Waals surface area (Å²) < 4.78 is 34.0. The predicted molar refractivity (Wildman–Crippen MR) is 100 cm³/mol. The lowest BCUT2D eigenvalue weighted by atomic mass is 9.73. The third-order valence-electron chi connectivity index (χ3n) is 5.75. The van der Waals surface area contributed by atoms with Crippen molar-refractivity contribution >= 4 is 0 Å². The molecule has 0 saturated heterocycles. The van der Waals surface area contributed by atoms with Crippen LogP contribution in [0.2, 0.25) is 0 Å². The number of ether oxygens (including phenoxy) is 1. The molecule has 0 amide bonds. The summed E-state index contributed by atoms with van der Waals surface area (Å²) in [5.41, 5.74) is 0.537. The Kier molecular flexibility index (Phi) is 7.71. The van der Waals surface area contributed by atoms with Gasteiger partial charge in [-0.25, -0.2) is 4.39 Å². The van der Waals surface area contributed by atoms with Crippen LogP contribution < -0.4 is 4.74 Å². The van der Waals surface area contributed by atoms with Gasteiger partial charge in [0.25, 0.3) is 0 Å². The SMILES string of the molecule is CCCOc1ccc(C2CCC(C(C)CCC(C)C)CC2)c(F)c1F. The Morgan fingerprint density at radius 3 is 2.28 bits per heavy atom. The summed E-state index contributed by atoms with van der Waals surface area (Å²) in [5, 5.41) is 0. The van der Waals surface area contributed by atoms with E-state index in [1.165, 1.54) is 12.8 Å². The lowest BCUT2D eigenvalue weighted by Crippen LogP contribution is -2.20. The Morgan fingerprint density at radius 2 is 1.68 bits per heavy atom. The molecule has 0 heterocycles. The Hall–Kier alpha value is -1.12. The molecule has 1 aliphatic rings. The van der Waals surface area contributed by atoms with Crippen molar-refractivity contribution < 1.29 is 13.5 Å². The molecule has 1 aliphatic carbocycles. The lowest BCUT2D eigenvalue weighted by molar-refractivity contribution is 0.225. The first-order valence-electron chi connectivity index (χ1n) is 10.0. The second-order valence-corrected chi connectivity index (χ2v) is 8.19. The minimum absolute atomic E-state index is 0.0408. The number of benzene rings is 1. The normalized spacial score (nSPS) is 22.2. The number of hydrogen-bond acceptors (Lipinski definition) is 1. The predicted octanol–water partition coefficient (Wildman–Crippen LogP) is 7.10. The van der Waals surface area contributed by atoms with Gasteiger partial charge in [0.2, 0.25) is 5.82 Å². The van der Waals surface area contributed by atoms with Crippen LogP contribution in [0.1, 0.15) is 84.1 Å². The van der Waals surface area contributed by atoms with E-state index < -0.39 is 11.6 Å². The van der Waals surface area contributed by atoms with Crippen LogP contribution in [0.3, 0.4) is 0 Å². The maximum Gasteiger partial charge on any atom is 0.200 e.